The average Bonchev–Trinajstić information content (AvgIpc) is 2.58. The van der Waals surface area contributed by atoms with Crippen LogP contribution in [0.3, 0.4) is 0 Å². The van der Waals surface area contributed by atoms with E-state index in [9.17, 15) is 4.79 Å². The smallest absolute Gasteiger partial charge is 0.291 e. The van der Waals surface area contributed by atoms with E-state index in [4.69, 9.17) is 4.74 Å². The summed E-state index contributed by atoms with van der Waals surface area (Å²) in [6, 6.07) is 17.3. The van der Waals surface area contributed by atoms with Crippen molar-refractivity contribution in [2.75, 3.05) is 17.7 Å². The van der Waals surface area contributed by atoms with E-state index in [1.54, 1.807) is 11.8 Å². The largest absolute Gasteiger partial charge is 0.486 e. The van der Waals surface area contributed by atoms with E-state index in [1.165, 1.54) is 0 Å². The van der Waals surface area contributed by atoms with Crippen molar-refractivity contribution in [1.29, 1.82) is 0 Å². The second-order valence-corrected chi connectivity index (χ2v) is 6.70. The Labute approximate surface area is 141 Å². The molecule has 1 N–H and O–H groups in total. The van der Waals surface area contributed by atoms with Crippen LogP contribution in [0.25, 0.3) is 4.91 Å². The second-order valence-electron chi connectivity index (χ2n) is 4.68. The zero-order valence-electron chi connectivity index (χ0n) is 11.7. The number of hydrogen-bond donors (Lipinski definition) is 1. The third kappa shape index (κ3) is 3.54. The van der Waals surface area contributed by atoms with Gasteiger partial charge in [0.1, 0.15) is 0 Å². The number of ether oxygens (including phenoxy) is 1. The van der Waals surface area contributed by atoms with Gasteiger partial charge in [-0.1, -0.05) is 46.3 Å². The van der Waals surface area contributed by atoms with Gasteiger partial charge in [0.2, 0.25) is 0 Å². The molecule has 5 heteroatoms. The van der Waals surface area contributed by atoms with Crippen molar-refractivity contribution in [3.63, 3.8) is 0 Å². The maximum absolute atomic E-state index is 12.5. The van der Waals surface area contributed by atoms with Gasteiger partial charge in [0.15, 0.2) is 5.76 Å². The molecule has 2 aromatic carbocycles. The van der Waals surface area contributed by atoms with E-state index < -0.39 is 0 Å². The maximum atomic E-state index is 12.5. The minimum absolute atomic E-state index is 0.214. The number of rotatable bonds is 3. The van der Waals surface area contributed by atoms with Gasteiger partial charge in [-0.05, 0) is 29.8 Å². The predicted molar refractivity (Wildman–Crippen MR) is 94.5 cm³/mol. The Balaban J connectivity index is 1.87. The molecule has 1 amide bonds. The maximum Gasteiger partial charge on any atom is 0.291 e. The monoisotopic (exact) mass is 375 g/mol. The van der Waals surface area contributed by atoms with Gasteiger partial charge in [-0.2, -0.15) is 0 Å². The molecule has 0 atom stereocenters. The minimum Gasteiger partial charge on any atom is -0.486 e. The number of halogens is 1. The molecule has 0 radical (unpaired) electrons. The molecule has 0 aromatic heterocycles. The van der Waals surface area contributed by atoms with Gasteiger partial charge in [0.05, 0.1) is 11.5 Å². The van der Waals surface area contributed by atoms with Crippen LogP contribution < -0.4 is 5.32 Å². The molecule has 0 bridgehead atoms. The topological polar surface area (TPSA) is 38.3 Å². The van der Waals surface area contributed by atoms with Gasteiger partial charge in [-0.25, -0.2) is 0 Å². The molecule has 0 spiro atoms. The van der Waals surface area contributed by atoms with Crippen LogP contribution in [-0.2, 0) is 9.53 Å². The highest BCUT2D eigenvalue weighted by Gasteiger charge is 2.22. The molecule has 0 unspecified atom stereocenters. The lowest BCUT2D eigenvalue weighted by atomic mass is 10.2. The number of benzene rings is 2. The summed E-state index contributed by atoms with van der Waals surface area (Å²) in [5, 5.41) is 2.88. The third-order valence-corrected chi connectivity index (χ3v) is 4.74. The van der Waals surface area contributed by atoms with Crippen LogP contribution in [0.4, 0.5) is 5.69 Å². The third-order valence-electron chi connectivity index (χ3n) is 3.13. The summed E-state index contributed by atoms with van der Waals surface area (Å²) in [6.45, 7) is 0.546. The lowest BCUT2D eigenvalue weighted by Crippen LogP contribution is -2.21. The normalized spacial score (nSPS) is 14.4. The Bertz CT molecular complexity index is 698. The molecule has 1 aliphatic rings. The van der Waals surface area contributed by atoms with Gasteiger partial charge in [-0.15, -0.1) is 11.8 Å². The standard InChI is InChI=1S/C17H14BrNO2S/c18-13-6-8-14(9-7-13)19-17(20)15-16(22-11-10-21-15)12-4-2-1-3-5-12/h1-9H,10-11H2,(H,19,20). The molecule has 1 aliphatic heterocycles. The van der Waals surface area contributed by atoms with Crippen molar-refractivity contribution in [3.05, 3.63) is 70.4 Å². The highest BCUT2D eigenvalue weighted by Crippen LogP contribution is 2.35. The molecule has 1 heterocycles. The van der Waals surface area contributed by atoms with Crippen molar-refractivity contribution in [2.24, 2.45) is 0 Å². The van der Waals surface area contributed by atoms with E-state index in [0.29, 0.717) is 12.4 Å². The van der Waals surface area contributed by atoms with Crippen molar-refractivity contribution < 1.29 is 9.53 Å². The van der Waals surface area contributed by atoms with E-state index in [-0.39, 0.29) is 5.91 Å². The number of thioether (sulfide) groups is 1. The highest BCUT2D eigenvalue weighted by molar-refractivity contribution is 9.10. The van der Waals surface area contributed by atoms with E-state index in [1.807, 2.05) is 54.6 Å². The fourth-order valence-electron chi connectivity index (χ4n) is 2.11. The van der Waals surface area contributed by atoms with E-state index in [0.717, 1.165) is 26.4 Å². The first kappa shape index (κ1) is 15.2. The van der Waals surface area contributed by atoms with E-state index >= 15 is 0 Å². The molecule has 3 nitrogen and oxygen atoms in total. The van der Waals surface area contributed by atoms with Crippen molar-refractivity contribution in [2.45, 2.75) is 0 Å². The lowest BCUT2D eigenvalue weighted by molar-refractivity contribution is -0.115. The summed E-state index contributed by atoms with van der Waals surface area (Å²) in [5.74, 6) is 1.03. The van der Waals surface area contributed by atoms with Crippen LogP contribution in [0.2, 0.25) is 0 Å². The molecular formula is C17H14BrNO2S. The number of nitrogens with one attached hydrogen (secondary N) is 1. The Morgan fingerprint density at radius 3 is 2.55 bits per heavy atom. The molecule has 2 aromatic rings. The first-order chi connectivity index (χ1) is 10.7. The average molecular weight is 376 g/mol. The fourth-order valence-corrected chi connectivity index (χ4v) is 3.33. The SMILES string of the molecule is O=C(Nc1ccc(Br)cc1)C1=C(c2ccccc2)SCCO1. The van der Waals surface area contributed by atoms with Gasteiger partial charge >= 0.3 is 0 Å². The first-order valence-electron chi connectivity index (χ1n) is 6.86. The van der Waals surface area contributed by atoms with Crippen molar-refractivity contribution >= 4 is 44.2 Å². The lowest BCUT2D eigenvalue weighted by Gasteiger charge is -2.20. The summed E-state index contributed by atoms with van der Waals surface area (Å²) < 4.78 is 6.61. The number of carbonyl (C=O) groups is 1. The van der Waals surface area contributed by atoms with Crippen LogP contribution in [0.5, 0.6) is 0 Å². The Morgan fingerprint density at radius 1 is 1.09 bits per heavy atom. The number of amides is 1. The quantitative estimate of drug-likeness (QED) is 0.856. The Morgan fingerprint density at radius 2 is 1.82 bits per heavy atom. The van der Waals surface area contributed by atoms with Crippen LogP contribution >= 0.6 is 27.7 Å². The molecule has 0 aliphatic carbocycles. The first-order valence-corrected chi connectivity index (χ1v) is 8.64. The van der Waals surface area contributed by atoms with Gasteiger partial charge < -0.3 is 10.1 Å². The molecule has 0 fully saturated rings. The summed E-state index contributed by atoms with van der Waals surface area (Å²) in [4.78, 5) is 13.4. The fraction of sp³-hybridized carbons (Fsp3) is 0.118. The van der Waals surface area contributed by atoms with Gasteiger partial charge in [0.25, 0.3) is 5.91 Å². The van der Waals surface area contributed by atoms with Gasteiger partial charge in [0, 0.05) is 15.9 Å². The summed E-state index contributed by atoms with van der Waals surface area (Å²) in [5.41, 5.74) is 1.75. The van der Waals surface area contributed by atoms with Gasteiger partial charge in [-0.3, -0.25) is 4.79 Å². The molecule has 112 valence electrons. The molecule has 3 rings (SSSR count). The Hall–Kier alpha value is -1.72. The number of carbonyl (C=O) groups excluding carboxylic acids is 1. The molecule has 0 saturated carbocycles. The Kier molecular flexibility index (Phi) is 4.85. The molecule has 22 heavy (non-hydrogen) atoms. The minimum atomic E-state index is -0.214. The van der Waals surface area contributed by atoms with Crippen LogP contribution in [-0.4, -0.2) is 18.3 Å². The molecule has 0 saturated heterocycles. The summed E-state index contributed by atoms with van der Waals surface area (Å²) >= 11 is 5.03. The molecular weight excluding hydrogens is 362 g/mol. The zero-order chi connectivity index (χ0) is 15.4. The second kappa shape index (κ2) is 7.03. The van der Waals surface area contributed by atoms with E-state index in [2.05, 4.69) is 21.2 Å². The summed E-state index contributed by atoms with van der Waals surface area (Å²) in [6.07, 6.45) is 0. The van der Waals surface area contributed by atoms with Crippen LogP contribution in [0, 0.1) is 0 Å². The number of hydrogen-bond acceptors (Lipinski definition) is 3. The van der Waals surface area contributed by atoms with Crippen LogP contribution in [0.15, 0.2) is 64.8 Å². The predicted octanol–water partition coefficient (Wildman–Crippen LogP) is 4.52. The van der Waals surface area contributed by atoms with Crippen LogP contribution in [0.1, 0.15) is 5.56 Å². The number of anilines is 1. The highest BCUT2D eigenvalue weighted by atomic mass is 79.9. The van der Waals surface area contributed by atoms with Crippen molar-refractivity contribution in [1.82, 2.24) is 0 Å². The summed E-state index contributed by atoms with van der Waals surface area (Å²) in [7, 11) is 0. The van der Waals surface area contributed by atoms with Crippen molar-refractivity contribution in [3.8, 4) is 0 Å². The zero-order valence-corrected chi connectivity index (χ0v) is 14.1.